The van der Waals surface area contributed by atoms with Gasteiger partial charge in [-0.1, -0.05) is 43.7 Å². The molecule has 34 heavy (non-hydrogen) atoms. The van der Waals surface area contributed by atoms with Gasteiger partial charge in [-0.2, -0.15) is 11.3 Å². The molecule has 4 aromatic rings. The van der Waals surface area contributed by atoms with Crippen molar-refractivity contribution in [1.29, 1.82) is 0 Å². The topological polar surface area (TPSA) is 114 Å². The molecular formula is C24H25N5O3S2. The highest BCUT2D eigenvalue weighted by atomic mass is 32.1. The molecule has 3 N–H and O–H groups in total. The van der Waals surface area contributed by atoms with E-state index in [1.54, 1.807) is 11.3 Å². The van der Waals surface area contributed by atoms with E-state index in [4.69, 9.17) is 5.73 Å². The first-order valence-corrected chi connectivity index (χ1v) is 12.7. The van der Waals surface area contributed by atoms with Crippen molar-refractivity contribution < 1.29 is 4.79 Å². The van der Waals surface area contributed by atoms with Gasteiger partial charge in [0.15, 0.2) is 5.69 Å². The number of nitrogen functional groups attached to an aromatic ring is 1. The van der Waals surface area contributed by atoms with E-state index < -0.39 is 11.2 Å². The van der Waals surface area contributed by atoms with Crippen LogP contribution in [-0.2, 0) is 24.3 Å². The summed E-state index contributed by atoms with van der Waals surface area (Å²) >= 11 is 3.05. The molecule has 0 fully saturated rings. The van der Waals surface area contributed by atoms with Gasteiger partial charge in [-0.3, -0.25) is 24.0 Å². The largest absolute Gasteiger partial charge is 0.383 e. The minimum Gasteiger partial charge on any atom is -0.383 e. The number of nitrogens with one attached hydrogen (secondary N) is 1. The van der Waals surface area contributed by atoms with E-state index >= 15 is 0 Å². The van der Waals surface area contributed by atoms with Crippen LogP contribution in [0.15, 0.2) is 62.1 Å². The van der Waals surface area contributed by atoms with Crippen LogP contribution in [0.1, 0.15) is 31.0 Å². The first-order chi connectivity index (χ1) is 16.5. The summed E-state index contributed by atoms with van der Waals surface area (Å²) < 4.78 is 1.32. The number of hydrogen-bond donors (Lipinski definition) is 2. The number of thiazole rings is 1. The molecule has 0 spiro atoms. The van der Waals surface area contributed by atoms with Crippen LogP contribution in [0.3, 0.4) is 0 Å². The number of benzene rings is 1. The summed E-state index contributed by atoms with van der Waals surface area (Å²) in [6, 6.07) is 11.3. The molecule has 0 saturated heterocycles. The van der Waals surface area contributed by atoms with Crippen molar-refractivity contribution in [2.24, 2.45) is 0 Å². The Bertz CT molecular complexity index is 1370. The van der Waals surface area contributed by atoms with Crippen molar-refractivity contribution in [3.05, 3.63) is 84.6 Å². The number of aromatic amines is 1. The van der Waals surface area contributed by atoms with Crippen LogP contribution in [0.25, 0.3) is 10.6 Å². The molecule has 0 aliphatic rings. The van der Waals surface area contributed by atoms with Crippen molar-refractivity contribution in [1.82, 2.24) is 14.5 Å². The van der Waals surface area contributed by atoms with Crippen LogP contribution in [0.4, 0.5) is 11.5 Å². The quantitative estimate of drug-likeness (QED) is 0.366. The first-order valence-electron chi connectivity index (χ1n) is 10.9. The van der Waals surface area contributed by atoms with E-state index in [9.17, 15) is 14.4 Å². The van der Waals surface area contributed by atoms with Crippen molar-refractivity contribution >= 4 is 40.1 Å². The zero-order chi connectivity index (χ0) is 24.1. The lowest BCUT2D eigenvalue weighted by atomic mass is 10.2. The smallest absolute Gasteiger partial charge is 0.330 e. The van der Waals surface area contributed by atoms with Crippen LogP contribution in [0.2, 0.25) is 0 Å². The lowest BCUT2D eigenvalue weighted by molar-refractivity contribution is -0.118. The number of anilines is 2. The zero-order valence-corrected chi connectivity index (χ0v) is 20.3. The summed E-state index contributed by atoms with van der Waals surface area (Å²) in [5.41, 5.74) is 7.50. The second-order valence-corrected chi connectivity index (χ2v) is 9.43. The second kappa shape index (κ2) is 10.6. The van der Waals surface area contributed by atoms with E-state index in [0.717, 1.165) is 22.6 Å². The summed E-state index contributed by atoms with van der Waals surface area (Å²) in [6.45, 7) is 2.49. The molecule has 8 nitrogen and oxygen atoms in total. The van der Waals surface area contributed by atoms with E-state index in [1.165, 1.54) is 20.8 Å². The molecule has 0 atom stereocenters. The maximum Gasteiger partial charge on any atom is 0.330 e. The number of amides is 1. The molecule has 0 unspecified atom stereocenters. The molecule has 3 heterocycles. The highest BCUT2D eigenvalue weighted by molar-refractivity contribution is 7.14. The van der Waals surface area contributed by atoms with E-state index in [-0.39, 0.29) is 30.4 Å². The molecule has 0 radical (unpaired) electrons. The van der Waals surface area contributed by atoms with Gasteiger partial charge in [0.05, 0.1) is 18.7 Å². The Morgan fingerprint density at radius 2 is 1.97 bits per heavy atom. The zero-order valence-electron chi connectivity index (χ0n) is 18.7. The molecule has 1 aromatic carbocycles. The average Bonchev–Trinajstić information content (AvgIpc) is 3.51. The Labute approximate surface area is 204 Å². The standard InChI is InChI=1S/C24H25N5O3S2/c1-2-3-10-28-21(25)20(22(31)27-24(28)32)29(13-16-7-5-4-6-8-16)19(30)12-18-15-34-23(26-18)17-9-11-33-14-17/h4-9,11,14-15H,2-3,10,12-13,25H2,1H3,(H,27,31,32). The van der Waals surface area contributed by atoms with E-state index in [1.807, 2.05) is 59.5 Å². The molecule has 0 aliphatic carbocycles. The van der Waals surface area contributed by atoms with Gasteiger partial charge in [0.1, 0.15) is 10.8 Å². The number of carbonyl (C=O) groups is 1. The lowest BCUT2D eigenvalue weighted by Crippen LogP contribution is -2.41. The Balaban J connectivity index is 1.71. The normalized spacial score (nSPS) is 11.0. The fourth-order valence-electron chi connectivity index (χ4n) is 3.59. The SMILES string of the molecule is CCCCn1c(N)c(N(Cc2ccccc2)C(=O)Cc2csc(-c3ccsc3)n2)c(=O)[nH]c1=O. The Kier molecular flexibility index (Phi) is 7.39. The summed E-state index contributed by atoms with van der Waals surface area (Å²) in [4.78, 5) is 47.1. The molecule has 10 heteroatoms. The molecule has 0 bridgehead atoms. The van der Waals surface area contributed by atoms with Crippen LogP contribution in [0.5, 0.6) is 0 Å². The van der Waals surface area contributed by atoms with Gasteiger partial charge in [0.2, 0.25) is 5.91 Å². The monoisotopic (exact) mass is 495 g/mol. The van der Waals surface area contributed by atoms with Crippen LogP contribution >= 0.6 is 22.7 Å². The predicted octanol–water partition coefficient (Wildman–Crippen LogP) is 3.88. The molecule has 1 amide bonds. The summed E-state index contributed by atoms with van der Waals surface area (Å²) in [5, 5.41) is 6.67. The third-order valence-electron chi connectivity index (χ3n) is 5.36. The average molecular weight is 496 g/mol. The minimum absolute atomic E-state index is 0.000434. The molecular weight excluding hydrogens is 470 g/mol. The summed E-state index contributed by atoms with van der Waals surface area (Å²) in [5.74, 6) is -0.340. The van der Waals surface area contributed by atoms with Gasteiger partial charge in [0, 0.05) is 22.9 Å². The van der Waals surface area contributed by atoms with Crippen LogP contribution < -0.4 is 21.9 Å². The van der Waals surface area contributed by atoms with Crippen molar-refractivity contribution in [3.8, 4) is 10.6 Å². The Morgan fingerprint density at radius 3 is 2.68 bits per heavy atom. The number of rotatable bonds is 9. The second-order valence-electron chi connectivity index (χ2n) is 7.80. The van der Waals surface area contributed by atoms with E-state index in [0.29, 0.717) is 18.7 Å². The van der Waals surface area contributed by atoms with Crippen molar-refractivity contribution in [2.75, 3.05) is 10.6 Å². The van der Waals surface area contributed by atoms with Gasteiger partial charge in [-0.05, 0) is 23.4 Å². The molecule has 0 aliphatic heterocycles. The van der Waals surface area contributed by atoms with Gasteiger partial charge in [-0.25, -0.2) is 9.78 Å². The summed E-state index contributed by atoms with van der Waals surface area (Å²) in [6.07, 6.45) is 1.57. The molecule has 4 rings (SSSR count). The number of carbonyl (C=O) groups excluding carboxylic acids is 1. The van der Waals surface area contributed by atoms with Crippen molar-refractivity contribution in [2.45, 2.75) is 39.3 Å². The highest BCUT2D eigenvalue weighted by Crippen LogP contribution is 2.27. The fraction of sp³-hybridized carbons (Fsp3) is 0.250. The maximum absolute atomic E-state index is 13.5. The minimum atomic E-state index is -0.684. The third kappa shape index (κ3) is 5.18. The lowest BCUT2D eigenvalue weighted by Gasteiger charge is -2.24. The Hall–Kier alpha value is -3.50. The van der Waals surface area contributed by atoms with Gasteiger partial charge in [0.25, 0.3) is 5.56 Å². The predicted molar refractivity (Wildman–Crippen MR) is 137 cm³/mol. The highest BCUT2D eigenvalue weighted by Gasteiger charge is 2.25. The van der Waals surface area contributed by atoms with Crippen LogP contribution in [0, 0.1) is 0 Å². The Morgan fingerprint density at radius 1 is 1.18 bits per heavy atom. The van der Waals surface area contributed by atoms with Gasteiger partial charge in [-0.15, -0.1) is 11.3 Å². The number of H-pyrrole nitrogens is 1. The fourth-order valence-corrected chi connectivity index (χ4v) is 5.12. The number of thiophene rings is 1. The number of unbranched alkanes of at least 4 members (excludes halogenated alkanes) is 1. The number of hydrogen-bond acceptors (Lipinski definition) is 7. The first kappa shape index (κ1) is 23.7. The molecule has 176 valence electrons. The third-order valence-corrected chi connectivity index (χ3v) is 6.98. The van der Waals surface area contributed by atoms with Gasteiger partial charge < -0.3 is 5.73 Å². The molecule has 3 aromatic heterocycles. The maximum atomic E-state index is 13.5. The number of nitrogens with two attached hydrogens (primary N) is 1. The van der Waals surface area contributed by atoms with Crippen LogP contribution in [-0.4, -0.2) is 20.4 Å². The molecule has 0 saturated carbocycles. The van der Waals surface area contributed by atoms with E-state index in [2.05, 4.69) is 9.97 Å². The number of aromatic nitrogens is 3. The number of nitrogens with zero attached hydrogens (tertiary/aromatic N) is 3. The summed E-state index contributed by atoms with van der Waals surface area (Å²) in [7, 11) is 0. The van der Waals surface area contributed by atoms with Gasteiger partial charge >= 0.3 is 5.69 Å². The van der Waals surface area contributed by atoms with Crippen molar-refractivity contribution in [3.63, 3.8) is 0 Å².